The molecule has 0 aliphatic rings. The summed E-state index contributed by atoms with van der Waals surface area (Å²) in [6, 6.07) is 0.895. The summed E-state index contributed by atoms with van der Waals surface area (Å²) in [6.45, 7) is 1.48. The van der Waals surface area contributed by atoms with E-state index in [0.29, 0.717) is 0 Å². The molecule has 1 heterocycles. The minimum atomic E-state index is -4.79. The Labute approximate surface area is 92.0 Å². The van der Waals surface area contributed by atoms with Gasteiger partial charge in [0, 0.05) is 11.4 Å². The number of aryl methyl sites for hydroxylation is 1. The highest BCUT2D eigenvalue weighted by molar-refractivity contribution is 9.08. The molecule has 0 atom stereocenters. The number of aromatic nitrogens is 1. The van der Waals surface area contributed by atoms with E-state index in [2.05, 4.69) is 25.7 Å². The number of hydrogen-bond acceptors (Lipinski definition) is 3. The van der Waals surface area contributed by atoms with Crippen LogP contribution < -0.4 is 4.74 Å². The van der Waals surface area contributed by atoms with Crippen molar-refractivity contribution in [1.82, 2.24) is 4.98 Å². The predicted molar refractivity (Wildman–Crippen MR) is 50.0 cm³/mol. The first-order valence-corrected chi connectivity index (χ1v) is 4.97. The van der Waals surface area contributed by atoms with Gasteiger partial charge in [0.2, 0.25) is 0 Å². The normalized spacial score (nSPS) is 11.5. The van der Waals surface area contributed by atoms with Gasteiger partial charge in [-0.1, -0.05) is 15.9 Å². The van der Waals surface area contributed by atoms with E-state index < -0.39 is 12.1 Å². The maximum Gasteiger partial charge on any atom is 0.573 e. The molecule has 0 bridgehead atoms. The van der Waals surface area contributed by atoms with Crippen molar-refractivity contribution < 1.29 is 23.0 Å². The molecule has 1 aromatic rings. The van der Waals surface area contributed by atoms with Crippen molar-refractivity contribution in [3.05, 3.63) is 17.5 Å². The lowest BCUT2D eigenvalue weighted by molar-refractivity contribution is -0.275. The largest absolute Gasteiger partial charge is 0.573 e. The quantitative estimate of drug-likeness (QED) is 0.850. The van der Waals surface area contributed by atoms with Gasteiger partial charge in [-0.2, -0.15) is 0 Å². The van der Waals surface area contributed by atoms with E-state index >= 15 is 0 Å². The molecule has 1 N–H and O–H groups in total. The Bertz CT molecular complexity index is 368. The lowest BCUT2D eigenvalue weighted by Gasteiger charge is -2.12. The van der Waals surface area contributed by atoms with E-state index in [1.54, 1.807) is 0 Å². The van der Waals surface area contributed by atoms with E-state index in [1.807, 2.05) is 0 Å². The van der Waals surface area contributed by atoms with E-state index in [-0.39, 0.29) is 22.5 Å². The summed E-state index contributed by atoms with van der Waals surface area (Å²) in [5.74, 6) is -0.832. The number of rotatable bonds is 2. The van der Waals surface area contributed by atoms with Gasteiger partial charge in [0.05, 0.1) is 11.4 Å². The second kappa shape index (κ2) is 4.26. The molecule has 0 aliphatic heterocycles. The fourth-order valence-corrected chi connectivity index (χ4v) is 1.34. The zero-order valence-electron chi connectivity index (χ0n) is 7.60. The molecule has 15 heavy (non-hydrogen) atoms. The monoisotopic (exact) mass is 285 g/mol. The van der Waals surface area contributed by atoms with Crippen molar-refractivity contribution in [3.8, 4) is 11.5 Å². The Morgan fingerprint density at radius 2 is 2.13 bits per heavy atom. The van der Waals surface area contributed by atoms with Crippen LogP contribution in [0.2, 0.25) is 0 Å². The van der Waals surface area contributed by atoms with Gasteiger partial charge in [0.15, 0.2) is 5.75 Å². The molecule has 0 saturated carbocycles. The third kappa shape index (κ3) is 3.26. The van der Waals surface area contributed by atoms with Crippen molar-refractivity contribution in [2.24, 2.45) is 0 Å². The van der Waals surface area contributed by atoms with Crippen molar-refractivity contribution in [3.63, 3.8) is 0 Å². The Morgan fingerprint density at radius 3 is 2.60 bits per heavy atom. The van der Waals surface area contributed by atoms with Crippen molar-refractivity contribution in [1.29, 1.82) is 0 Å². The van der Waals surface area contributed by atoms with Gasteiger partial charge in [0.25, 0.3) is 0 Å². The first-order valence-electron chi connectivity index (χ1n) is 3.84. The molecule has 3 nitrogen and oxygen atoms in total. The number of alkyl halides is 4. The third-order valence-corrected chi connectivity index (χ3v) is 2.11. The molecule has 0 radical (unpaired) electrons. The molecule has 1 rings (SSSR count). The number of nitrogens with zero attached hydrogens (tertiary/aromatic N) is 1. The fourth-order valence-electron chi connectivity index (χ4n) is 0.936. The SMILES string of the molecule is Cc1nc(CBr)c(OC(F)(F)F)cc1O. The highest BCUT2D eigenvalue weighted by Gasteiger charge is 2.32. The second-order valence-corrected chi connectivity index (χ2v) is 3.28. The molecule has 84 valence electrons. The molecule has 7 heteroatoms. The van der Waals surface area contributed by atoms with Crippen LogP contribution in [0, 0.1) is 6.92 Å². The van der Waals surface area contributed by atoms with Crippen LogP contribution >= 0.6 is 15.9 Å². The molecule has 1 aromatic heterocycles. The average molecular weight is 286 g/mol. The third-order valence-electron chi connectivity index (χ3n) is 1.58. The maximum atomic E-state index is 11.9. The van der Waals surface area contributed by atoms with Gasteiger partial charge in [-0.3, -0.25) is 0 Å². The van der Waals surface area contributed by atoms with Crippen LogP contribution in [0.15, 0.2) is 6.07 Å². The summed E-state index contributed by atoms with van der Waals surface area (Å²) < 4.78 is 39.5. The van der Waals surface area contributed by atoms with Crippen LogP contribution in [0.1, 0.15) is 11.4 Å². The molecular formula is C8H7BrF3NO2. The Morgan fingerprint density at radius 1 is 1.53 bits per heavy atom. The molecule has 0 aliphatic carbocycles. The summed E-state index contributed by atoms with van der Waals surface area (Å²) in [5, 5.41) is 9.30. The summed E-state index contributed by atoms with van der Waals surface area (Å²) in [4.78, 5) is 3.75. The average Bonchev–Trinajstić information content (AvgIpc) is 2.08. The lowest BCUT2D eigenvalue weighted by atomic mass is 10.3. The minimum Gasteiger partial charge on any atom is -0.506 e. The van der Waals surface area contributed by atoms with Gasteiger partial charge in [-0.25, -0.2) is 4.98 Å². The fraction of sp³-hybridized carbons (Fsp3) is 0.375. The maximum absolute atomic E-state index is 11.9. The van der Waals surface area contributed by atoms with Crippen LogP contribution in [0.4, 0.5) is 13.2 Å². The van der Waals surface area contributed by atoms with E-state index in [1.165, 1.54) is 6.92 Å². The van der Waals surface area contributed by atoms with Crippen LogP contribution in [-0.2, 0) is 5.33 Å². The number of pyridine rings is 1. The zero-order chi connectivity index (χ0) is 11.6. The molecule has 0 spiro atoms. The van der Waals surface area contributed by atoms with Gasteiger partial charge in [-0.15, -0.1) is 13.2 Å². The molecule has 0 aromatic carbocycles. The van der Waals surface area contributed by atoms with Gasteiger partial charge >= 0.3 is 6.36 Å². The van der Waals surface area contributed by atoms with E-state index in [4.69, 9.17) is 0 Å². The molecule has 0 saturated heterocycles. The van der Waals surface area contributed by atoms with Crippen molar-refractivity contribution in [2.45, 2.75) is 18.6 Å². The van der Waals surface area contributed by atoms with Gasteiger partial charge in [0.1, 0.15) is 5.75 Å². The van der Waals surface area contributed by atoms with Crippen LogP contribution in [0.5, 0.6) is 11.5 Å². The minimum absolute atomic E-state index is 0.0858. The summed E-state index contributed by atoms with van der Waals surface area (Å²) in [6.07, 6.45) is -4.79. The van der Waals surface area contributed by atoms with Crippen LogP contribution in [-0.4, -0.2) is 16.5 Å². The topological polar surface area (TPSA) is 42.4 Å². The predicted octanol–water partition coefficient (Wildman–Crippen LogP) is 2.89. The van der Waals surface area contributed by atoms with Crippen molar-refractivity contribution >= 4 is 15.9 Å². The number of hydrogen-bond donors (Lipinski definition) is 1. The summed E-state index contributed by atoms with van der Waals surface area (Å²) >= 11 is 2.98. The molecular weight excluding hydrogens is 279 g/mol. The van der Waals surface area contributed by atoms with Gasteiger partial charge in [-0.05, 0) is 6.92 Å². The van der Waals surface area contributed by atoms with E-state index in [9.17, 15) is 18.3 Å². The first-order chi connectivity index (χ1) is 6.83. The molecule has 0 fully saturated rings. The smallest absolute Gasteiger partial charge is 0.506 e. The second-order valence-electron chi connectivity index (χ2n) is 2.72. The standard InChI is InChI=1S/C8H7BrF3NO2/c1-4-6(14)2-7(5(3-9)13-4)15-8(10,11)12/h2,14H,3H2,1H3. The van der Waals surface area contributed by atoms with E-state index in [0.717, 1.165) is 6.07 Å². The van der Waals surface area contributed by atoms with Crippen molar-refractivity contribution in [2.75, 3.05) is 0 Å². The highest BCUT2D eigenvalue weighted by atomic mass is 79.9. The lowest BCUT2D eigenvalue weighted by Crippen LogP contribution is -2.18. The van der Waals surface area contributed by atoms with Gasteiger partial charge < -0.3 is 9.84 Å². The zero-order valence-corrected chi connectivity index (χ0v) is 9.18. The van der Waals surface area contributed by atoms with Crippen LogP contribution in [0.3, 0.4) is 0 Å². The Hall–Kier alpha value is -0.980. The Kier molecular flexibility index (Phi) is 3.43. The highest BCUT2D eigenvalue weighted by Crippen LogP contribution is 2.30. The number of ether oxygens (including phenoxy) is 1. The summed E-state index contributed by atoms with van der Waals surface area (Å²) in [5.41, 5.74) is 0.335. The number of halogens is 4. The number of aromatic hydroxyl groups is 1. The first kappa shape index (κ1) is 12.1. The molecule has 0 unspecified atom stereocenters. The molecule has 0 amide bonds. The Balaban J connectivity index is 3.11. The summed E-state index contributed by atoms with van der Waals surface area (Å²) in [7, 11) is 0. The van der Waals surface area contributed by atoms with Crippen LogP contribution in [0.25, 0.3) is 0 Å².